The molecule has 1 aromatic carbocycles. The molecule has 0 radical (unpaired) electrons. The van der Waals surface area contributed by atoms with E-state index in [4.69, 9.17) is 0 Å². The molecule has 3 rings (SSSR count). The summed E-state index contributed by atoms with van der Waals surface area (Å²) in [4.78, 5) is 13.8. The average molecular weight is 298 g/mol. The Morgan fingerprint density at radius 1 is 1.24 bits per heavy atom. The molecule has 1 saturated heterocycles. The fourth-order valence-corrected chi connectivity index (χ4v) is 2.92. The third kappa shape index (κ3) is 2.77. The number of amides is 1. The van der Waals surface area contributed by atoms with Crippen molar-refractivity contribution >= 4 is 5.91 Å². The molecule has 3 nitrogen and oxygen atoms in total. The fraction of sp³-hybridized carbons (Fsp3) is 0.533. The first kappa shape index (κ1) is 14.4. The largest absolute Gasteiger partial charge is 0.416 e. The second-order valence-electron chi connectivity index (χ2n) is 5.78. The van der Waals surface area contributed by atoms with Crippen LogP contribution in [0.2, 0.25) is 0 Å². The van der Waals surface area contributed by atoms with Crippen molar-refractivity contribution in [2.24, 2.45) is 5.92 Å². The number of benzene rings is 1. The van der Waals surface area contributed by atoms with Gasteiger partial charge in [0.25, 0.3) is 0 Å². The molecule has 2 fully saturated rings. The van der Waals surface area contributed by atoms with Crippen molar-refractivity contribution in [2.75, 3.05) is 6.54 Å². The van der Waals surface area contributed by atoms with Crippen LogP contribution in [0.5, 0.6) is 0 Å². The zero-order chi connectivity index (χ0) is 15.2. The summed E-state index contributed by atoms with van der Waals surface area (Å²) in [6.07, 6.45) is -2.43. The van der Waals surface area contributed by atoms with Crippen molar-refractivity contribution in [1.29, 1.82) is 0 Å². The lowest BCUT2D eigenvalue weighted by Crippen LogP contribution is -2.39. The zero-order valence-corrected chi connectivity index (χ0v) is 11.7. The number of hydrogen-bond acceptors (Lipinski definition) is 2. The lowest BCUT2D eigenvalue weighted by Gasteiger charge is -2.31. The minimum absolute atomic E-state index is 0.0132. The molecule has 2 aliphatic rings. The molecule has 2 atom stereocenters. The minimum Gasteiger partial charge on any atom is -0.319 e. The van der Waals surface area contributed by atoms with E-state index in [0.29, 0.717) is 11.5 Å². The van der Waals surface area contributed by atoms with Gasteiger partial charge in [0, 0.05) is 6.04 Å². The normalized spacial score (nSPS) is 24.5. The van der Waals surface area contributed by atoms with Crippen LogP contribution in [0.1, 0.15) is 37.1 Å². The van der Waals surface area contributed by atoms with E-state index in [1.807, 2.05) is 6.92 Å². The van der Waals surface area contributed by atoms with E-state index in [1.54, 1.807) is 4.90 Å². The molecule has 114 valence electrons. The van der Waals surface area contributed by atoms with Gasteiger partial charge >= 0.3 is 6.18 Å². The van der Waals surface area contributed by atoms with E-state index < -0.39 is 11.7 Å². The van der Waals surface area contributed by atoms with E-state index in [0.717, 1.165) is 25.0 Å². The Labute approximate surface area is 121 Å². The molecular weight excluding hydrogens is 281 g/mol. The maximum Gasteiger partial charge on any atom is 0.416 e. The Morgan fingerprint density at radius 2 is 1.86 bits per heavy atom. The lowest BCUT2D eigenvalue weighted by molar-refractivity contribution is -0.137. The Hall–Kier alpha value is -1.56. The van der Waals surface area contributed by atoms with Crippen LogP contribution in [0.4, 0.5) is 13.2 Å². The van der Waals surface area contributed by atoms with Crippen LogP contribution >= 0.6 is 0 Å². The van der Waals surface area contributed by atoms with Gasteiger partial charge < -0.3 is 4.90 Å². The quantitative estimate of drug-likeness (QED) is 0.930. The van der Waals surface area contributed by atoms with Gasteiger partial charge in [0.1, 0.15) is 6.17 Å². The molecule has 2 unspecified atom stereocenters. The first-order valence-electron chi connectivity index (χ1n) is 7.09. The highest BCUT2D eigenvalue weighted by Gasteiger charge is 2.41. The summed E-state index contributed by atoms with van der Waals surface area (Å²) < 4.78 is 37.8. The highest BCUT2D eigenvalue weighted by Crippen LogP contribution is 2.39. The number of carbonyl (C=O) groups is 1. The number of hydrogen-bond donors (Lipinski definition) is 1. The van der Waals surface area contributed by atoms with E-state index in [1.165, 1.54) is 12.1 Å². The number of nitrogens with one attached hydrogen (secondary N) is 1. The predicted octanol–water partition coefficient (Wildman–Crippen LogP) is 2.93. The maximum absolute atomic E-state index is 12.6. The number of rotatable bonds is 3. The molecule has 6 heteroatoms. The van der Waals surface area contributed by atoms with E-state index in [2.05, 4.69) is 5.32 Å². The SMILES string of the molecule is CC(C1CC1)N1C(=O)CNC1c1ccc(C(F)(F)F)cc1. The fourth-order valence-electron chi connectivity index (χ4n) is 2.92. The van der Waals surface area contributed by atoms with Gasteiger partial charge in [0.2, 0.25) is 5.91 Å². The number of alkyl halides is 3. The summed E-state index contributed by atoms with van der Waals surface area (Å²) in [6.45, 7) is 2.25. The molecule has 1 saturated carbocycles. The van der Waals surface area contributed by atoms with Crippen molar-refractivity contribution in [1.82, 2.24) is 10.2 Å². The maximum atomic E-state index is 12.6. The number of nitrogens with zero attached hydrogens (tertiary/aromatic N) is 1. The van der Waals surface area contributed by atoms with Crippen LogP contribution in [-0.4, -0.2) is 23.4 Å². The van der Waals surface area contributed by atoms with Gasteiger partial charge in [-0.3, -0.25) is 10.1 Å². The minimum atomic E-state index is -4.33. The van der Waals surface area contributed by atoms with Crippen molar-refractivity contribution in [3.8, 4) is 0 Å². The summed E-state index contributed by atoms with van der Waals surface area (Å²) in [7, 11) is 0. The van der Waals surface area contributed by atoms with E-state index in [-0.39, 0.29) is 24.7 Å². The van der Waals surface area contributed by atoms with Gasteiger partial charge in [0.05, 0.1) is 12.1 Å². The molecule has 21 heavy (non-hydrogen) atoms. The second-order valence-corrected chi connectivity index (χ2v) is 5.78. The Balaban J connectivity index is 1.83. The molecule has 0 bridgehead atoms. The topological polar surface area (TPSA) is 32.3 Å². The molecule has 1 aromatic rings. The summed E-state index contributed by atoms with van der Waals surface area (Å²) in [5.74, 6) is 0.532. The number of carbonyl (C=O) groups excluding carboxylic acids is 1. The molecule has 1 aliphatic carbocycles. The molecule has 1 amide bonds. The van der Waals surface area contributed by atoms with Gasteiger partial charge in [-0.15, -0.1) is 0 Å². The van der Waals surface area contributed by atoms with Gasteiger partial charge in [-0.25, -0.2) is 0 Å². The third-order valence-electron chi connectivity index (χ3n) is 4.31. The van der Waals surface area contributed by atoms with Crippen LogP contribution in [-0.2, 0) is 11.0 Å². The summed E-state index contributed by atoms with van der Waals surface area (Å²) in [5.41, 5.74) is 0.0266. The highest BCUT2D eigenvalue weighted by atomic mass is 19.4. The van der Waals surface area contributed by atoms with Crippen molar-refractivity contribution in [2.45, 2.75) is 38.1 Å². The van der Waals surface area contributed by atoms with Crippen LogP contribution in [0.3, 0.4) is 0 Å². The van der Waals surface area contributed by atoms with Crippen LogP contribution in [0, 0.1) is 5.92 Å². The first-order valence-corrected chi connectivity index (χ1v) is 7.09. The smallest absolute Gasteiger partial charge is 0.319 e. The standard InChI is InChI=1S/C15H17F3N2O/c1-9(10-2-3-10)20-13(21)8-19-14(20)11-4-6-12(7-5-11)15(16,17)18/h4-7,9-10,14,19H,2-3,8H2,1H3. The van der Waals surface area contributed by atoms with Gasteiger partial charge in [-0.2, -0.15) is 13.2 Å². The molecular formula is C15H17F3N2O. The molecule has 0 spiro atoms. The van der Waals surface area contributed by atoms with Gasteiger partial charge in [-0.05, 0) is 43.4 Å². The Bertz CT molecular complexity index is 537. The second kappa shape index (κ2) is 5.02. The van der Waals surface area contributed by atoms with Crippen LogP contribution < -0.4 is 5.32 Å². The molecule has 1 aliphatic heterocycles. The Morgan fingerprint density at radius 3 is 2.38 bits per heavy atom. The third-order valence-corrected chi connectivity index (χ3v) is 4.31. The Kier molecular flexibility index (Phi) is 3.43. The lowest BCUT2D eigenvalue weighted by atomic mass is 10.1. The van der Waals surface area contributed by atoms with Gasteiger partial charge in [0.15, 0.2) is 0 Å². The van der Waals surface area contributed by atoms with Crippen molar-refractivity contribution in [3.05, 3.63) is 35.4 Å². The van der Waals surface area contributed by atoms with Crippen molar-refractivity contribution in [3.63, 3.8) is 0 Å². The van der Waals surface area contributed by atoms with Crippen LogP contribution in [0.15, 0.2) is 24.3 Å². The van der Waals surface area contributed by atoms with Gasteiger partial charge in [-0.1, -0.05) is 12.1 Å². The van der Waals surface area contributed by atoms with Crippen molar-refractivity contribution < 1.29 is 18.0 Å². The zero-order valence-electron chi connectivity index (χ0n) is 11.7. The average Bonchev–Trinajstić information content (AvgIpc) is 3.20. The van der Waals surface area contributed by atoms with E-state index in [9.17, 15) is 18.0 Å². The predicted molar refractivity (Wildman–Crippen MR) is 71.2 cm³/mol. The van der Waals surface area contributed by atoms with E-state index >= 15 is 0 Å². The molecule has 1 heterocycles. The highest BCUT2D eigenvalue weighted by molar-refractivity contribution is 5.81. The first-order chi connectivity index (χ1) is 9.88. The summed E-state index contributed by atoms with van der Waals surface area (Å²) >= 11 is 0. The number of halogens is 3. The van der Waals surface area contributed by atoms with Crippen LogP contribution in [0.25, 0.3) is 0 Å². The monoisotopic (exact) mass is 298 g/mol. The molecule has 1 N–H and O–H groups in total. The summed E-state index contributed by atoms with van der Waals surface area (Å²) in [6, 6.07) is 5.16. The molecule has 0 aromatic heterocycles. The summed E-state index contributed by atoms with van der Waals surface area (Å²) in [5, 5.41) is 3.09.